The van der Waals surface area contributed by atoms with E-state index in [1.165, 1.54) is 16.9 Å². The summed E-state index contributed by atoms with van der Waals surface area (Å²) in [6, 6.07) is 22.9. The number of fused-ring (bicyclic) bond motifs is 1. The maximum Gasteiger partial charge on any atom is 0.235 e. The lowest BCUT2D eigenvalue weighted by Crippen LogP contribution is -2.01. The van der Waals surface area contributed by atoms with Crippen molar-refractivity contribution in [3.8, 4) is 22.9 Å². The molecule has 186 valence electrons. The Morgan fingerprint density at radius 3 is 2.62 bits per heavy atom. The van der Waals surface area contributed by atoms with Crippen LogP contribution in [-0.4, -0.2) is 45.1 Å². The summed E-state index contributed by atoms with van der Waals surface area (Å²) in [5.74, 6) is 2.87. The first-order valence-electron chi connectivity index (χ1n) is 11.6. The Morgan fingerprint density at radius 2 is 1.84 bits per heavy atom. The Labute approximate surface area is 222 Å². The van der Waals surface area contributed by atoms with Gasteiger partial charge in [-0.1, -0.05) is 71.1 Å². The first-order chi connectivity index (χ1) is 18.1. The summed E-state index contributed by atoms with van der Waals surface area (Å²) in [6.45, 7) is 2.57. The van der Waals surface area contributed by atoms with Gasteiger partial charge in [0.1, 0.15) is 11.5 Å². The minimum atomic E-state index is -0.0711. The third-order valence-corrected chi connectivity index (χ3v) is 7.52. The fourth-order valence-electron chi connectivity index (χ4n) is 3.56. The second-order valence-corrected chi connectivity index (χ2v) is 10.4. The number of aryl methyl sites for hydroxylation is 1. The molecule has 2 aromatic heterocycles. The van der Waals surface area contributed by atoms with Gasteiger partial charge in [-0.25, -0.2) is 0 Å². The summed E-state index contributed by atoms with van der Waals surface area (Å²) < 4.78 is 13.8. The molecule has 0 radical (unpaired) electrons. The average molecular weight is 529 g/mol. The van der Waals surface area contributed by atoms with Gasteiger partial charge >= 0.3 is 0 Å². The number of hydrogen-bond acceptors (Lipinski definition) is 8. The van der Waals surface area contributed by atoms with Crippen molar-refractivity contribution in [1.29, 1.82) is 0 Å². The van der Waals surface area contributed by atoms with Gasteiger partial charge in [-0.15, -0.1) is 15.3 Å². The number of ketones is 1. The van der Waals surface area contributed by atoms with E-state index in [9.17, 15) is 4.79 Å². The van der Waals surface area contributed by atoms with Gasteiger partial charge in [0.15, 0.2) is 15.9 Å². The van der Waals surface area contributed by atoms with Gasteiger partial charge in [0, 0.05) is 16.9 Å². The molecule has 0 aliphatic heterocycles. The van der Waals surface area contributed by atoms with Gasteiger partial charge in [0.05, 0.1) is 13.7 Å². The molecule has 0 aliphatic rings. The Balaban J connectivity index is 1.12. The molecule has 0 unspecified atom stereocenters. The molecule has 2 heterocycles. The summed E-state index contributed by atoms with van der Waals surface area (Å²) >= 11 is 3.12. The molecule has 0 spiro atoms. The highest BCUT2D eigenvalue weighted by atomic mass is 32.2. The predicted molar refractivity (Wildman–Crippen MR) is 148 cm³/mol. The Bertz CT molecular complexity index is 1540. The van der Waals surface area contributed by atoms with Gasteiger partial charge in [-0.05, 0) is 55.0 Å². The van der Waals surface area contributed by atoms with Crippen LogP contribution in [0, 0.1) is 6.92 Å². The minimum absolute atomic E-state index is 0.0711. The van der Waals surface area contributed by atoms with Crippen LogP contribution in [0.1, 0.15) is 21.5 Å². The van der Waals surface area contributed by atoms with E-state index in [-0.39, 0.29) is 5.78 Å². The van der Waals surface area contributed by atoms with Crippen molar-refractivity contribution in [2.45, 2.75) is 11.3 Å². The second-order valence-electron chi connectivity index (χ2n) is 8.15. The molecule has 0 amide bonds. The van der Waals surface area contributed by atoms with Crippen LogP contribution in [0.2, 0.25) is 0 Å². The zero-order valence-electron chi connectivity index (χ0n) is 20.3. The van der Waals surface area contributed by atoms with Gasteiger partial charge in [0.25, 0.3) is 0 Å². The number of benzene rings is 3. The first-order valence-corrected chi connectivity index (χ1v) is 13.4. The normalized spacial score (nSPS) is 11.3. The molecular formula is C28H24N4O3S2. The van der Waals surface area contributed by atoms with Crippen molar-refractivity contribution < 1.29 is 14.3 Å². The number of nitrogens with zero attached hydrogens (tertiary/aromatic N) is 4. The van der Waals surface area contributed by atoms with Gasteiger partial charge in [-0.3, -0.25) is 4.79 Å². The Hall–Kier alpha value is -3.95. The Morgan fingerprint density at radius 1 is 1.03 bits per heavy atom. The summed E-state index contributed by atoms with van der Waals surface area (Å²) in [5.41, 5.74) is 3.69. The van der Waals surface area contributed by atoms with Crippen LogP contribution in [0.4, 0.5) is 0 Å². The highest BCUT2D eigenvalue weighted by Gasteiger charge is 2.13. The molecule has 0 aliphatic carbocycles. The lowest BCUT2D eigenvalue weighted by molar-refractivity contribution is 0.104. The largest absolute Gasteiger partial charge is 0.497 e. The molecule has 0 saturated heterocycles. The van der Waals surface area contributed by atoms with Crippen LogP contribution in [0.3, 0.4) is 0 Å². The van der Waals surface area contributed by atoms with Crippen LogP contribution < -0.4 is 9.47 Å². The van der Waals surface area contributed by atoms with E-state index in [1.54, 1.807) is 47.7 Å². The molecule has 7 nitrogen and oxygen atoms in total. The van der Waals surface area contributed by atoms with E-state index in [2.05, 4.69) is 34.4 Å². The maximum atomic E-state index is 12.5. The zero-order chi connectivity index (χ0) is 25.6. The number of carbonyl (C=O) groups excluding carboxylic acids is 1. The van der Waals surface area contributed by atoms with Crippen LogP contribution in [0.25, 0.3) is 22.4 Å². The van der Waals surface area contributed by atoms with Crippen molar-refractivity contribution in [3.63, 3.8) is 0 Å². The third kappa shape index (κ3) is 6.07. The van der Waals surface area contributed by atoms with E-state index < -0.39 is 0 Å². The van der Waals surface area contributed by atoms with Crippen molar-refractivity contribution in [2.75, 3.05) is 19.5 Å². The highest BCUT2D eigenvalue weighted by molar-refractivity contribution is 8.01. The topological polar surface area (TPSA) is 78.6 Å². The lowest BCUT2D eigenvalue weighted by Gasteiger charge is -2.05. The van der Waals surface area contributed by atoms with Gasteiger partial charge in [0.2, 0.25) is 4.96 Å². The molecule has 37 heavy (non-hydrogen) atoms. The summed E-state index contributed by atoms with van der Waals surface area (Å²) in [7, 11) is 1.62. The quantitative estimate of drug-likeness (QED) is 0.0919. The SMILES string of the molecule is COc1cccc(/C=C/C(=O)c2ccc(OCCSc3nn4c(-c5ccc(C)cc5)nnc4s3)cc2)c1. The maximum absolute atomic E-state index is 12.5. The molecule has 5 rings (SSSR count). The summed E-state index contributed by atoms with van der Waals surface area (Å²) in [5, 5.41) is 13.2. The van der Waals surface area contributed by atoms with Crippen molar-refractivity contribution in [2.24, 2.45) is 0 Å². The fourth-order valence-corrected chi connectivity index (χ4v) is 5.32. The number of thioether (sulfide) groups is 1. The molecule has 0 fully saturated rings. The number of aromatic nitrogens is 4. The number of allylic oxidation sites excluding steroid dienone is 1. The molecular weight excluding hydrogens is 504 g/mol. The van der Waals surface area contributed by atoms with Crippen molar-refractivity contribution in [1.82, 2.24) is 19.8 Å². The molecule has 5 aromatic rings. The number of hydrogen-bond donors (Lipinski definition) is 0. The van der Waals surface area contributed by atoms with E-state index in [4.69, 9.17) is 9.47 Å². The minimum Gasteiger partial charge on any atom is -0.497 e. The number of ether oxygens (including phenoxy) is 2. The Kier molecular flexibility index (Phi) is 7.62. The highest BCUT2D eigenvalue weighted by Crippen LogP contribution is 2.27. The van der Waals surface area contributed by atoms with E-state index in [1.807, 2.05) is 48.5 Å². The second kappa shape index (κ2) is 11.4. The molecule has 9 heteroatoms. The van der Waals surface area contributed by atoms with Gasteiger partial charge in [-0.2, -0.15) is 4.52 Å². The van der Waals surface area contributed by atoms with Crippen LogP contribution >= 0.6 is 23.1 Å². The predicted octanol–water partition coefficient (Wildman–Crippen LogP) is 6.24. The molecule has 0 saturated carbocycles. The van der Waals surface area contributed by atoms with E-state index in [0.717, 1.165) is 37.8 Å². The van der Waals surface area contributed by atoms with Crippen molar-refractivity contribution in [3.05, 3.63) is 95.6 Å². The van der Waals surface area contributed by atoms with Crippen LogP contribution in [-0.2, 0) is 0 Å². The first kappa shape index (κ1) is 24.7. The molecule has 0 bridgehead atoms. The van der Waals surface area contributed by atoms with Crippen LogP contribution in [0.5, 0.6) is 11.5 Å². The zero-order valence-corrected chi connectivity index (χ0v) is 22.0. The lowest BCUT2D eigenvalue weighted by atomic mass is 10.1. The number of carbonyl (C=O) groups is 1. The van der Waals surface area contributed by atoms with E-state index in [0.29, 0.717) is 17.9 Å². The summed E-state index contributed by atoms with van der Waals surface area (Å²) in [6.07, 6.45) is 3.34. The number of methoxy groups -OCH3 is 1. The monoisotopic (exact) mass is 528 g/mol. The molecule has 0 atom stereocenters. The summed E-state index contributed by atoms with van der Waals surface area (Å²) in [4.78, 5) is 13.3. The standard InChI is InChI=1S/C28H24N4O3S2/c1-19-6-9-22(10-7-19)26-29-30-27-32(26)31-28(37-27)36-17-16-35-23-13-11-21(12-14-23)25(33)15-8-20-4-3-5-24(18-20)34-2/h3-15,18H,16-17H2,1-2H3/b15-8+. The van der Waals surface area contributed by atoms with Gasteiger partial charge < -0.3 is 9.47 Å². The average Bonchev–Trinajstić information content (AvgIpc) is 3.51. The smallest absolute Gasteiger partial charge is 0.235 e. The number of rotatable bonds is 10. The van der Waals surface area contributed by atoms with E-state index >= 15 is 0 Å². The van der Waals surface area contributed by atoms with Crippen molar-refractivity contribution >= 4 is 39.9 Å². The third-order valence-electron chi connectivity index (χ3n) is 5.52. The molecule has 0 N–H and O–H groups in total. The van der Waals surface area contributed by atoms with Crippen LogP contribution in [0.15, 0.2) is 83.2 Å². The molecule has 3 aromatic carbocycles. The fraction of sp³-hybridized carbons (Fsp3) is 0.143.